The van der Waals surface area contributed by atoms with Crippen molar-refractivity contribution in [3.8, 4) is 5.75 Å². The number of hydrogen-bond donors (Lipinski definition) is 5. The lowest BCUT2D eigenvalue weighted by molar-refractivity contribution is -0.278. The summed E-state index contributed by atoms with van der Waals surface area (Å²) in [6.07, 6.45) is -3.58. The number of aromatic amines is 1. The third-order valence-corrected chi connectivity index (χ3v) is 9.74. The van der Waals surface area contributed by atoms with Crippen LogP contribution >= 0.6 is 0 Å². The second kappa shape index (κ2) is 12.3. The number of hydrogen-bond acceptors (Lipinski definition) is 10. The van der Waals surface area contributed by atoms with Crippen LogP contribution in [-0.4, -0.2) is 98.8 Å². The molecule has 0 aliphatic carbocycles. The minimum Gasteiger partial charge on any atom is -0.496 e. The van der Waals surface area contributed by atoms with Gasteiger partial charge >= 0.3 is 11.9 Å². The smallest absolute Gasteiger partial charge is 0.340 e. The van der Waals surface area contributed by atoms with E-state index < -0.39 is 42.6 Å². The van der Waals surface area contributed by atoms with Crippen LogP contribution in [0.5, 0.6) is 5.75 Å². The Bertz CT molecular complexity index is 1560. The summed E-state index contributed by atoms with van der Waals surface area (Å²) in [5.41, 5.74) is 4.14. The number of esters is 1. The predicted octanol–water partition coefficient (Wildman–Crippen LogP) is 2.59. The number of aliphatic hydroxyl groups is 3. The van der Waals surface area contributed by atoms with Crippen molar-refractivity contribution in [2.75, 3.05) is 13.7 Å². The lowest BCUT2D eigenvalue weighted by Gasteiger charge is -2.48. The number of nitrogens with one attached hydrogen (secondary N) is 1. The van der Waals surface area contributed by atoms with E-state index in [1.807, 2.05) is 25.3 Å². The molecule has 3 fully saturated rings. The summed E-state index contributed by atoms with van der Waals surface area (Å²) in [5.74, 6) is -1.59. The van der Waals surface area contributed by atoms with Crippen molar-refractivity contribution in [2.45, 2.75) is 94.5 Å². The van der Waals surface area contributed by atoms with Gasteiger partial charge in [-0.2, -0.15) is 0 Å². The number of aryl methyl sites for hydroxylation is 1. The van der Waals surface area contributed by atoms with Crippen LogP contribution in [0.15, 0.2) is 42.6 Å². The molecule has 2 aromatic carbocycles. The van der Waals surface area contributed by atoms with Crippen LogP contribution in [-0.2, 0) is 31.1 Å². The van der Waals surface area contributed by atoms with Crippen molar-refractivity contribution >= 4 is 22.8 Å². The minimum absolute atomic E-state index is 0.0875. The summed E-state index contributed by atoms with van der Waals surface area (Å²) in [7, 11) is 1.70. The van der Waals surface area contributed by atoms with E-state index >= 15 is 0 Å². The first-order valence-electron chi connectivity index (χ1n) is 15.3. The number of ether oxygens (including phenoxy) is 4. The third kappa shape index (κ3) is 5.49. The van der Waals surface area contributed by atoms with Crippen molar-refractivity contribution < 1.29 is 49.0 Å². The number of carbonyl (C=O) groups is 2. The third-order valence-electron chi connectivity index (χ3n) is 9.74. The first-order chi connectivity index (χ1) is 21.6. The molecule has 1 aromatic heterocycles. The Morgan fingerprint density at radius 2 is 1.87 bits per heavy atom. The maximum Gasteiger partial charge on any atom is 0.340 e. The Kier molecular flexibility index (Phi) is 8.63. The van der Waals surface area contributed by atoms with Crippen molar-refractivity contribution in [1.29, 1.82) is 0 Å². The van der Waals surface area contributed by atoms with Gasteiger partial charge in [0.25, 0.3) is 0 Å². The fourth-order valence-corrected chi connectivity index (χ4v) is 7.54. The Labute approximate surface area is 260 Å². The maximum atomic E-state index is 13.1. The molecule has 0 amide bonds. The van der Waals surface area contributed by atoms with E-state index in [9.17, 15) is 30.0 Å². The summed E-state index contributed by atoms with van der Waals surface area (Å²) in [5, 5.41) is 40.7. The van der Waals surface area contributed by atoms with Gasteiger partial charge in [-0.05, 0) is 74.9 Å². The van der Waals surface area contributed by atoms with Gasteiger partial charge in [-0.3, -0.25) is 4.90 Å². The van der Waals surface area contributed by atoms with Crippen LogP contribution in [0.3, 0.4) is 0 Å². The molecule has 12 nitrogen and oxygen atoms in total. The lowest BCUT2D eigenvalue weighted by atomic mass is 9.79. The molecule has 3 aromatic rings. The summed E-state index contributed by atoms with van der Waals surface area (Å²) in [4.78, 5) is 30.4. The van der Waals surface area contributed by atoms with Gasteiger partial charge in [0.15, 0.2) is 6.10 Å². The van der Waals surface area contributed by atoms with Crippen molar-refractivity contribution in [2.24, 2.45) is 0 Å². The van der Waals surface area contributed by atoms with E-state index in [1.165, 1.54) is 0 Å². The van der Waals surface area contributed by atoms with Gasteiger partial charge in [0.05, 0.1) is 18.8 Å². The Morgan fingerprint density at radius 3 is 2.56 bits per heavy atom. The summed E-state index contributed by atoms with van der Waals surface area (Å²) < 4.78 is 22.4. The van der Waals surface area contributed by atoms with Crippen LogP contribution in [0.1, 0.15) is 59.7 Å². The fraction of sp³-hybridized carbons (Fsp3) is 0.515. The van der Waals surface area contributed by atoms with Gasteiger partial charge in [0, 0.05) is 47.4 Å². The zero-order valence-corrected chi connectivity index (χ0v) is 25.5. The van der Waals surface area contributed by atoms with Crippen LogP contribution in [0.2, 0.25) is 0 Å². The van der Waals surface area contributed by atoms with E-state index in [1.54, 1.807) is 19.2 Å². The largest absolute Gasteiger partial charge is 0.496 e. The number of carboxylic acid groups (broad SMARTS) is 1. The highest BCUT2D eigenvalue weighted by atomic mass is 16.7. The van der Waals surface area contributed by atoms with Gasteiger partial charge in [0.2, 0.25) is 6.29 Å². The van der Waals surface area contributed by atoms with E-state index in [-0.39, 0.29) is 23.2 Å². The minimum atomic E-state index is -1.88. The number of piperidine rings is 1. The molecule has 8 atom stereocenters. The number of rotatable bonds is 9. The molecular weight excluding hydrogens is 584 g/mol. The van der Waals surface area contributed by atoms with Gasteiger partial charge in [-0.15, -0.1) is 0 Å². The fourth-order valence-electron chi connectivity index (χ4n) is 7.54. The molecular formula is C33H40N2O10. The molecule has 6 rings (SSSR count). The van der Waals surface area contributed by atoms with Gasteiger partial charge in [0.1, 0.15) is 24.1 Å². The number of aliphatic carboxylic acids is 1. The number of aromatic nitrogens is 1. The lowest BCUT2D eigenvalue weighted by Crippen LogP contribution is -2.60. The Hall–Kier alpha value is -3.52. The number of carbonyl (C=O) groups excluding carboxylic acids is 1. The van der Waals surface area contributed by atoms with Crippen LogP contribution in [0, 0.1) is 6.92 Å². The number of carboxylic acids is 1. The number of aliphatic hydroxyl groups excluding tert-OH is 3. The van der Waals surface area contributed by atoms with E-state index in [4.69, 9.17) is 18.9 Å². The molecule has 4 heterocycles. The summed E-state index contributed by atoms with van der Waals surface area (Å²) in [6.45, 7) is 5.36. The maximum absolute atomic E-state index is 13.1. The molecule has 3 aliphatic rings. The molecule has 2 unspecified atom stereocenters. The average Bonchev–Trinajstić information content (AvgIpc) is 3.60. The first kappa shape index (κ1) is 31.5. The SMILES string of the molecule is CCO[C@H]1C[C@H]2CCC(c3ccc(C(=O)OC4O[C@H](C(=O)O)[C@@H](O)[C@H](O)[C@H]4O)cc3)(C1)N2Cc1c(OC)cc(C)c2[nH]ccc12. The number of nitrogens with zero attached hydrogens (tertiary/aromatic N) is 1. The van der Waals surface area contributed by atoms with E-state index in [0.29, 0.717) is 13.2 Å². The zero-order chi connectivity index (χ0) is 32.0. The Morgan fingerprint density at radius 1 is 1.11 bits per heavy atom. The van der Waals surface area contributed by atoms with E-state index in [2.05, 4.69) is 28.9 Å². The van der Waals surface area contributed by atoms with Crippen molar-refractivity contribution in [1.82, 2.24) is 9.88 Å². The highest BCUT2D eigenvalue weighted by Gasteiger charge is 2.53. The molecule has 0 radical (unpaired) electrons. The quantitative estimate of drug-likeness (QED) is 0.222. The highest BCUT2D eigenvalue weighted by molar-refractivity contribution is 5.90. The van der Waals surface area contributed by atoms with Gasteiger partial charge in [-0.1, -0.05) is 12.1 Å². The number of methoxy groups -OCH3 is 1. The van der Waals surface area contributed by atoms with E-state index in [0.717, 1.165) is 59.0 Å². The second-order valence-corrected chi connectivity index (χ2v) is 12.2. The number of benzene rings is 2. The molecule has 3 aliphatic heterocycles. The molecule has 5 N–H and O–H groups in total. The molecule has 0 spiro atoms. The molecule has 2 bridgehead atoms. The number of fused-ring (bicyclic) bond motifs is 3. The zero-order valence-electron chi connectivity index (χ0n) is 25.5. The van der Waals surface area contributed by atoms with Crippen molar-refractivity contribution in [3.63, 3.8) is 0 Å². The summed E-state index contributed by atoms with van der Waals surface area (Å²) in [6, 6.07) is 11.5. The van der Waals surface area contributed by atoms with Gasteiger partial charge in [-0.25, -0.2) is 9.59 Å². The average molecular weight is 625 g/mol. The highest BCUT2D eigenvalue weighted by Crippen LogP contribution is 2.53. The normalized spacial score (nSPS) is 31.6. The van der Waals surface area contributed by atoms with Crippen molar-refractivity contribution in [3.05, 3.63) is 64.8 Å². The van der Waals surface area contributed by atoms with Crippen LogP contribution in [0.25, 0.3) is 10.9 Å². The molecule has 45 heavy (non-hydrogen) atoms. The standard InChI is InChI=1S/C33H40N2O10/c1-4-43-21-14-20-9-11-33(15-21,35(20)16-23-22-10-12-34-25(22)17(2)13-24(23)42-3)19-7-5-18(6-8-19)31(41)45-32-28(38)26(36)27(37)29(44-32)30(39)40/h5-8,10,12-13,20-21,26-29,32,34,36-38H,4,9,11,14-16H2,1-3H3,(H,39,40)/t20-,21+,26+,27+,28-,29+,32?,33?/m1/s1. The topological polar surface area (TPSA) is 171 Å². The second-order valence-electron chi connectivity index (χ2n) is 12.2. The molecule has 0 saturated carbocycles. The number of H-pyrrole nitrogens is 1. The van der Waals surface area contributed by atoms with Gasteiger partial charge < -0.3 is 44.4 Å². The van der Waals surface area contributed by atoms with Crippen LogP contribution < -0.4 is 4.74 Å². The monoisotopic (exact) mass is 624 g/mol. The first-order valence-corrected chi connectivity index (χ1v) is 15.3. The molecule has 242 valence electrons. The predicted molar refractivity (Wildman–Crippen MR) is 161 cm³/mol. The molecule has 12 heteroatoms. The van der Waals surface area contributed by atoms with Crippen LogP contribution in [0.4, 0.5) is 0 Å². The summed E-state index contributed by atoms with van der Waals surface area (Å²) >= 11 is 0. The Balaban J connectivity index is 1.28. The molecule has 3 saturated heterocycles.